The van der Waals surface area contributed by atoms with Crippen LogP contribution in [0.4, 0.5) is 0 Å². The van der Waals surface area contributed by atoms with Gasteiger partial charge >= 0.3 is 0 Å². The number of rotatable bonds is 7. The van der Waals surface area contributed by atoms with Crippen LogP contribution in [-0.2, 0) is 22.6 Å². The van der Waals surface area contributed by atoms with Gasteiger partial charge in [0.05, 0.1) is 31.5 Å². The first kappa shape index (κ1) is 19.2. The molecular formula is C20H23N7O2. The molecule has 150 valence electrons. The number of amides is 1. The number of carbonyl (C=O) groups is 1. The van der Waals surface area contributed by atoms with E-state index in [4.69, 9.17) is 4.74 Å². The molecule has 4 rings (SSSR count). The summed E-state index contributed by atoms with van der Waals surface area (Å²) >= 11 is 0. The normalized spacial score (nSPS) is 15.7. The molecule has 0 bridgehead atoms. The molecule has 29 heavy (non-hydrogen) atoms. The molecule has 0 aliphatic carbocycles. The average Bonchev–Trinajstić information content (AvgIpc) is 3.22. The molecule has 2 aromatic heterocycles. The predicted molar refractivity (Wildman–Crippen MR) is 105 cm³/mol. The summed E-state index contributed by atoms with van der Waals surface area (Å²) in [5.74, 6) is 0.476. The van der Waals surface area contributed by atoms with E-state index in [1.165, 1.54) is 0 Å². The fourth-order valence-electron chi connectivity index (χ4n) is 3.40. The zero-order valence-corrected chi connectivity index (χ0v) is 16.0. The molecule has 0 unspecified atom stereocenters. The fraction of sp³-hybridized carbons (Fsp3) is 0.350. The van der Waals surface area contributed by atoms with Crippen molar-refractivity contribution in [2.45, 2.75) is 19.1 Å². The zero-order chi connectivity index (χ0) is 19.9. The van der Waals surface area contributed by atoms with Crippen molar-refractivity contribution in [3.05, 3.63) is 71.8 Å². The van der Waals surface area contributed by atoms with Crippen molar-refractivity contribution in [2.24, 2.45) is 0 Å². The van der Waals surface area contributed by atoms with E-state index in [1.54, 1.807) is 10.9 Å². The first-order chi connectivity index (χ1) is 14.3. The number of pyridine rings is 1. The second-order valence-corrected chi connectivity index (χ2v) is 6.75. The lowest BCUT2D eigenvalue weighted by molar-refractivity contribution is -0.122. The molecule has 1 N–H and O–H groups in total. The molecule has 1 fully saturated rings. The SMILES string of the molecule is O=C(Cn1nnnc1[C@H](c1ccccc1)N1CCOCC1)NCc1ccccn1. The number of nitrogens with zero attached hydrogens (tertiary/aromatic N) is 6. The maximum atomic E-state index is 12.5. The van der Waals surface area contributed by atoms with Crippen molar-refractivity contribution >= 4 is 5.91 Å². The van der Waals surface area contributed by atoms with Gasteiger partial charge in [-0.25, -0.2) is 4.68 Å². The van der Waals surface area contributed by atoms with Gasteiger partial charge in [-0.3, -0.25) is 14.7 Å². The van der Waals surface area contributed by atoms with Crippen molar-refractivity contribution in [3.63, 3.8) is 0 Å². The first-order valence-corrected chi connectivity index (χ1v) is 9.60. The highest BCUT2D eigenvalue weighted by molar-refractivity contribution is 5.75. The summed E-state index contributed by atoms with van der Waals surface area (Å²) in [6, 6.07) is 15.5. The molecule has 0 radical (unpaired) electrons. The van der Waals surface area contributed by atoms with Gasteiger partial charge < -0.3 is 10.1 Å². The van der Waals surface area contributed by atoms with Crippen LogP contribution in [0.5, 0.6) is 0 Å². The molecule has 1 atom stereocenters. The van der Waals surface area contributed by atoms with Crippen LogP contribution in [0.2, 0.25) is 0 Å². The summed E-state index contributed by atoms with van der Waals surface area (Å²) < 4.78 is 7.07. The number of hydrogen-bond donors (Lipinski definition) is 1. The third-order valence-corrected chi connectivity index (χ3v) is 4.82. The summed E-state index contributed by atoms with van der Waals surface area (Å²) in [6.45, 7) is 3.28. The minimum absolute atomic E-state index is 0.0445. The third kappa shape index (κ3) is 4.82. The summed E-state index contributed by atoms with van der Waals surface area (Å²) in [5, 5.41) is 15.1. The molecule has 9 heteroatoms. The van der Waals surface area contributed by atoms with Gasteiger partial charge in [-0.2, -0.15) is 0 Å². The summed E-state index contributed by atoms with van der Waals surface area (Å²) in [6.07, 6.45) is 1.70. The van der Waals surface area contributed by atoms with Crippen LogP contribution in [0.3, 0.4) is 0 Å². The van der Waals surface area contributed by atoms with Crippen molar-refractivity contribution in [1.29, 1.82) is 0 Å². The van der Waals surface area contributed by atoms with Gasteiger partial charge in [-0.15, -0.1) is 5.10 Å². The van der Waals surface area contributed by atoms with Crippen molar-refractivity contribution in [3.8, 4) is 0 Å². The molecule has 1 saturated heterocycles. The van der Waals surface area contributed by atoms with Gasteiger partial charge in [-0.05, 0) is 28.1 Å². The second kappa shape index (κ2) is 9.35. The molecular weight excluding hydrogens is 370 g/mol. The van der Waals surface area contributed by atoms with Crippen LogP contribution in [0.15, 0.2) is 54.7 Å². The minimum atomic E-state index is -0.169. The van der Waals surface area contributed by atoms with Crippen molar-refractivity contribution < 1.29 is 9.53 Å². The summed E-state index contributed by atoms with van der Waals surface area (Å²) in [5.41, 5.74) is 1.88. The Balaban J connectivity index is 1.51. The van der Waals surface area contributed by atoms with Crippen LogP contribution < -0.4 is 5.32 Å². The van der Waals surface area contributed by atoms with Gasteiger partial charge in [0.2, 0.25) is 5.91 Å². The Morgan fingerprint density at radius 2 is 1.90 bits per heavy atom. The van der Waals surface area contributed by atoms with Gasteiger partial charge in [-0.1, -0.05) is 36.4 Å². The molecule has 0 saturated carbocycles. The highest BCUT2D eigenvalue weighted by atomic mass is 16.5. The topological polar surface area (TPSA) is 98.1 Å². The number of carbonyl (C=O) groups excluding carboxylic acids is 1. The van der Waals surface area contributed by atoms with Gasteiger partial charge in [0, 0.05) is 19.3 Å². The van der Waals surface area contributed by atoms with Crippen molar-refractivity contribution in [1.82, 2.24) is 35.4 Å². The lowest BCUT2D eigenvalue weighted by Gasteiger charge is -2.33. The van der Waals surface area contributed by atoms with E-state index >= 15 is 0 Å². The highest BCUT2D eigenvalue weighted by Crippen LogP contribution is 2.27. The molecule has 1 aliphatic rings. The predicted octanol–water partition coefficient (Wildman–Crippen LogP) is 0.806. The van der Waals surface area contributed by atoms with Crippen LogP contribution in [0, 0.1) is 0 Å². The van der Waals surface area contributed by atoms with E-state index in [2.05, 4.69) is 42.9 Å². The molecule has 1 aromatic carbocycles. The Kier molecular flexibility index (Phi) is 6.18. The molecule has 0 spiro atoms. The summed E-state index contributed by atoms with van der Waals surface area (Å²) in [4.78, 5) is 19.0. The lowest BCUT2D eigenvalue weighted by Crippen LogP contribution is -2.41. The van der Waals surface area contributed by atoms with Gasteiger partial charge in [0.25, 0.3) is 0 Å². The largest absolute Gasteiger partial charge is 0.379 e. The van der Waals surface area contributed by atoms with Crippen LogP contribution in [0.1, 0.15) is 23.1 Å². The third-order valence-electron chi connectivity index (χ3n) is 4.82. The molecule has 3 heterocycles. The molecule has 1 amide bonds. The Morgan fingerprint density at radius 1 is 1.10 bits per heavy atom. The molecule has 1 aliphatic heterocycles. The Morgan fingerprint density at radius 3 is 2.66 bits per heavy atom. The number of nitrogens with one attached hydrogen (secondary N) is 1. The smallest absolute Gasteiger partial charge is 0.242 e. The minimum Gasteiger partial charge on any atom is -0.379 e. The quantitative estimate of drug-likeness (QED) is 0.634. The van der Waals surface area contributed by atoms with E-state index in [0.29, 0.717) is 25.6 Å². The van der Waals surface area contributed by atoms with E-state index in [0.717, 1.165) is 24.3 Å². The molecule has 3 aromatic rings. The number of benzene rings is 1. The Bertz CT molecular complexity index is 911. The van der Waals surface area contributed by atoms with E-state index in [9.17, 15) is 4.79 Å². The maximum absolute atomic E-state index is 12.5. The maximum Gasteiger partial charge on any atom is 0.242 e. The Hall–Kier alpha value is -3.17. The molecule has 9 nitrogen and oxygen atoms in total. The van der Waals surface area contributed by atoms with Crippen LogP contribution >= 0.6 is 0 Å². The monoisotopic (exact) mass is 393 g/mol. The number of hydrogen-bond acceptors (Lipinski definition) is 7. The van der Waals surface area contributed by atoms with E-state index in [1.807, 2.05) is 36.4 Å². The van der Waals surface area contributed by atoms with Crippen LogP contribution in [-0.4, -0.2) is 62.3 Å². The number of aromatic nitrogens is 5. The van der Waals surface area contributed by atoms with Crippen LogP contribution in [0.25, 0.3) is 0 Å². The van der Waals surface area contributed by atoms with Gasteiger partial charge in [0.1, 0.15) is 6.54 Å². The Labute approximate surface area is 168 Å². The number of morpholine rings is 1. The lowest BCUT2D eigenvalue weighted by atomic mass is 10.0. The summed E-state index contributed by atoms with van der Waals surface area (Å²) in [7, 11) is 0. The van der Waals surface area contributed by atoms with Gasteiger partial charge in [0.15, 0.2) is 5.82 Å². The van der Waals surface area contributed by atoms with E-state index in [-0.39, 0.29) is 18.5 Å². The number of ether oxygens (including phenoxy) is 1. The zero-order valence-electron chi connectivity index (χ0n) is 16.0. The van der Waals surface area contributed by atoms with Crippen molar-refractivity contribution in [2.75, 3.05) is 26.3 Å². The number of tetrazole rings is 1. The average molecular weight is 393 g/mol. The fourth-order valence-corrected chi connectivity index (χ4v) is 3.40. The first-order valence-electron chi connectivity index (χ1n) is 9.60. The van der Waals surface area contributed by atoms with E-state index < -0.39 is 0 Å². The second-order valence-electron chi connectivity index (χ2n) is 6.75. The standard InChI is InChI=1S/C20H23N7O2/c28-18(22-14-17-8-4-5-9-21-17)15-27-20(23-24-25-27)19(16-6-2-1-3-7-16)26-10-12-29-13-11-26/h1-9,19H,10-15H2,(H,22,28)/t19-/m0/s1. The highest BCUT2D eigenvalue weighted by Gasteiger charge is 2.29.